The normalized spacial score (nSPS) is 15.2. The molecule has 5 nitrogen and oxygen atoms in total. The Bertz CT molecular complexity index is 896. The van der Waals surface area contributed by atoms with Crippen LogP contribution in [-0.2, 0) is 13.1 Å². The molecule has 1 aliphatic rings. The van der Waals surface area contributed by atoms with Gasteiger partial charge in [0, 0.05) is 18.5 Å². The number of H-pyrrole nitrogens is 1. The average Bonchev–Trinajstić information content (AvgIpc) is 3.17. The fourth-order valence-electron chi connectivity index (χ4n) is 3.67. The molecule has 1 aromatic heterocycles. The maximum absolute atomic E-state index is 12.7. The molecule has 0 saturated carbocycles. The number of amides is 1. The first-order chi connectivity index (χ1) is 12.8. The number of carbonyl (C=O) groups excluding carboxylic acids is 1. The summed E-state index contributed by atoms with van der Waals surface area (Å²) in [4.78, 5) is 15.2. The van der Waals surface area contributed by atoms with Gasteiger partial charge in [-0.05, 0) is 43.1 Å². The number of piperidine rings is 1. The van der Waals surface area contributed by atoms with Gasteiger partial charge in [-0.3, -0.25) is 14.8 Å². The minimum Gasteiger partial charge on any atom is -0.348 e. The molecule has 2 heterocycles. The highest BCUT2D eigenvalue weighted by molar-refractivity contribution is 6.05. The van der Waals surface area contributed by atoms with Crippen molar-refractivity contribution in [2.45, 2.75) is 32.4 Å². The van der Waals surface area contributed by atoms with E-state index in [1.54, 1.807) is 6.20 Å². The number of benzene rings is 2. The lowest BCUT2D eigenvalue weighted by atomic mass is 10.0. The van der Waals surface area contributed by atoms with Gasteiger partial charge >= 0.3 is 0 Å². The molecule has 0 bridgehead atoms. The quantitative estimate of drug-likeness (QED) is 0.742. The maximum Gasteiger partial charge on any atom is 0.253 e. The molecule has 1 fully saturated rings. The van der Waals surface area contributed by atoms with Crippen molar-refractivity contribution in [1.82, 2.24) is 20.4 Å². The van der Waals surface area contributed by atoms with E-state index >= 15 is 0 Å². The molecular weight excluding hydrogens is 324 g/mol. The second kappa shape index (κ2) is 7.70. The standard InChI is InChI=1S/C21H24N4O/c26-21(19-10-6-9-17-14-23-24-20(17)19)22-13-16-7-2-3-8-18(16)15-25-11-4-1-5-12-25/h2-3,6-10,14H,1,4-5,11-13,15H2,(H,22,26)(H,23,24). The molecule has 0 aliphatic carbocycles. The SMILES string of the molecule is O=C(NCc1ccccc1CN1CCCCC1)c1cccc2cn[nH]c12. The fourth-order valence-corrected chi connectivity index (χ4v) is 3.67. The molecule has 2 N–H and O–H groups in total. The van der Waals surface area contributed by atoms with Crippen molar-refractivity contribution in [3.8, 4) is 0 Å². The average molecular weight is 348 g/mol. The lowest BCUT2D eigenvalue weighted by molar-refractivity contribution is 0.0952. The highest BCUT2D eigenvalue weighted by Gasteiger charge is 2.14. The number of carbonyl (C=O) groups is 1. The summed E-state index contributed by atoms with van der Waals surface area (Å²) < 4.78 is 0. The number of hydrogen-bond acceptors (Lipinski definition) is 3. The number of rotatable bonds is 5. The van der Waals surface area contributed by atoms with Crippen LogP contribution in [0.1, 0.15) is 40.7 Å². The summed E-state index contributed by atoms with van der Waals surface area (Å²) in [5.74, 6) is -0.0763. The zero-order valence-corrected chi connectivity index (χ0v) is 14.9. The van der Waals surface area contributed by atoms with Crippen LogP contribution in [0.15, 0.2) is 48.7 Å². The van der Waals surface area contributed by atoms with E-state index in [2.05, 4.69) is 38.6 Å². The Morgan fingerprint density at radius 3 is 2.69 bits per heavy atom. The number of hydrogen-bond donors (Lipinski definition) is 2. The molecule has 0 spiro atoms. The lowest BCUT2D eigenvalue weighted by Crippen LogP contribution is -2.30. The third kappa shape index (κ3) is 3.63. The molecule has 3 aromatic rings. The zero-order chi connectivity index (χ0) is 17.8. The van der Waals surface area contributed by atoms with Gasteiger partial charge in [0.25, 0.3) is 5.91 Å². The minimum atomic E-state index is -0.0763. The first kappa shape index (κ1) is 16.8. The highest BCUT2D eigenvalue weighted by atomic mass is 16.1. The molecule has 1 saturated heterocycles. The molecular formula is C21H24N4O. The first-order valence-corrected chi connectivity index (χ1v) is 9.31. The van der Waals surface area contributed by atoms with Crippen LogP contribution < -0.4 is 5.32 Å². The predicted octanol–water partition coefficient (Wildman–Crippen LogP) is 3.48. The molecule has 0 unspecified atom stereocenters. The van der Waals surface area contributed by atoms with E-state index in [-0.39, 0.29) is 5.91 Å². The molecule has 0 radical (unpaired) electrons. The molecule has 1 amide bonds. The number of aromatic amines is 1. The monoisotopic (exact) mass is 348 g/mol. The molecule has 5 heteroatoms. The summed E-state index contributed by atoms with van der Waals surface area (Å²) >= 11 is 0. The molecule has 134 valence electrons. The van der Waals surface area contributed by atoms with Crippen molar-refractivity contribution in [2.75, 3.05) is 13.1 Å². The number of para-hydroxylation sites is 1. The van der Waals surface area contributed by atoms with E-state index in [0.717, 1.165) is 17.4 Å². The van der Waals surface area contributed by atoms with Gasteiger partial charge in [-0.25, -0.2) is 0 Å². The van der Waals surface area contributed by atoms with Gasteiger partial charge in [-0.15, -0.1) is 0 Å². The summed E-state index contributed by atoms with van der Waals surface area (Å²) in [6.45, 7) is 3.83. The van der Waals surface area contributed by atoms with Crippen LogP contribution in [0, 0.1) is 0 Å². The zero-order valence-electron chi connectivity index (χ0n) is 14.9. The lowest BCUT2D eigenvalue weighted by Gasteiger charge is -2.27. The second-order valence-electron chi connectivity index (χ2n) is 6.93. The van der Waals surface area contributed by atoms with E-state index in [1.807, 2.05) is 24.3 Å². The van der Waals surface area contributed by atoms with Crippen molar-refractivity contribution in [1.29, 1.82) is 0 Å². The van der Waals surface area contributed by atoms with Gasteiger partial charge in [-0.1, -0.05) is 42.8 Å². The van der Waals surface area contributed by atoms with Gasteiger partial charge in [0.1, 0.15) is 0 Å². The Kier molecular flexibility index (Phi) is 4.97. The van der Waals surface area contributed by atoms with Crippen molar-refractivity contribution in [3.05, 3.63) is 65.4 Å². The highest BCUT2D eigenvalue weighted by Crippen LogP contribution is 2.18. The number of nitrogens with one attached hydrogen (secondary N) is 2. The second-order valence-corrected chi connectivity index (χ2v) is 6.93. The van der Waals surface area contributed by atoms with Crippen LogP contribution in [0.5, 0.6) is 0 Å². The first-order valence-electron chi connectivity index (χ1n) is 9.31. The number of nitrogens with zero attached hydrogens (tertiary/aromatic N) is 2. The Labute approximate surface area is 153 Å². The van der Waals surface area contributed by atoms with Crippen LogP contribution >= 0.6 is 0 Å². The van der Waals surface area contributed by atoms with E-state index in [4.69, 9.17) is 0 Å². The van der Waals surface area contributed by atoms with Crippen LogP contribution in [0.3, 0.4) is 0 Å². The van der Waals surface area contributed by atoms with Crippen LogP contribution in [0.25, 0.3) is 10.9 Å². The van der Waals surface area contributed by atoms with Gasteiger partial charge < -0.3 is 5.32 Å². The van der Waals surface area contributed by atoms with Crippen LogP contribution in [0.4, 0.5) is 0 Å². The van der Waals surface area contributed by atoms with Gasteiger partial charge in [0.2, 0.25) is 0 Å². The van der Waals surface area contributed by atoms with Crippen LogP contribution in [-0.4, -0.2) is 34.1 Å². The minimum absolute atomic E-state index is 0.0763. The third-order valence-electron chi connectivity index (χ3n) is 5.12. The largest absolute Gasteiger partial charge is 0.348 e. The Hall–Kier alpha value is -2.66. The summed E-state index contributed by atoms with van der Waals surface area (Å²) in [6, 6.07) is 14.1. The Morgan fingerprint density at radius 2 is 1.85 bits per heavy atom. The summed E-state index contributed by atoms with van der Waals surface area (Å²) in [7, 11) is 0. The van der Waals surface area contributed by atoms with Crippen molar-refractivity contribution < 1.29 is 4.79 Å². The van der Waals surface area contributed by atoms with Gasteiger partial charge in [-0.2, -0.15) is 5.10 Å². The van der Waals surface area contributed by atoms with Crippen molar-refractivity contribution in [2.24, 2.45) is 0 Å². The number of fused-ring (bicyclic) bond motifs is 1. The Balaban J connectivity index is 1.46. The third-order valence-corrected chi connectivity index (χ3v) is 5.12. The number of aromatic nitrogens is 2. The molecule has 1 aliphatic heterocycles. The number of likely N-dealkylation sites (tertiary alicyclic amines) is 1. The molecule has 0 atom stereocenters. The summed E-state index contributed by atoms with van der Waals surface area (Å²) in [5.41, 5.74) is 3.90. The molecule has 4 rings (SSSR count). The fraction of sp³-hybridized carbons (Fsp3) is 0.333. The van der Waals surface area contributed by atoms with E-state index in [0.29, 0.717) is 12.1 Å². The Morgan fingerprint density at radius 1 is 1.04 bits per heavy atom. The van der Waals surface area contributed by atoms with E-state index in [1.165, 1.54) is 43.5 Å². The molecule has 2 aromatic carbocycles. The van der Waals surface area contributed by atoms with Crippen LogP contribution in [0.2, 0.25) is 0 Å². The summed E-state index contributed by atoms with van der Waals surface area (Å²) in [5, 5.41) is 11.0. The topological polar surface area (TPSA) is 61.0 Å². The van der Waals surface area contributed by atoms with E-state index in [9.17, 15) is 4.79 Å². The smallest absolute Gasteiger partial charge is 0.253 e. The predicted molar refractivity (Wildman–Crippen MR) is 103 cm³/mol. The van der Waals surface area contributed by atoms with E-state index < -0.39 is 0 Å². The summed E-state index contributed by atoms with van der Waals surface area (Å²) in [6.07, 6.45) is 5.65. The van der Waals surface area contributed by atoms with Crippen molar-refractivity contribution >= 4 is 16.8 Å². The van der Waals surface area contributed by atoms with Gasteiger partial charge in [0.15, 0.2) is 0 Å². The van der Waals surface area contributed by atoms with Crippen molar-refractivity contribution in [3.63, 3.8) is 0 Å². The van der Waals surface area contributed by atoms with Gasteiger partial charge in [0.05, 0.1) is 17.3 Å². The maximum atomic E-state index is 12.7. The molecule has 26 heavy (non-hydrogen) atoms.